The van der Waals surface area contributed by atoms with E-state index in [2.05, 4.69) is 24.3 Å². The molecule has 0 amide bonds. The van der Waals surface area contributed by atoms with Crippen molar-refractivity contribution in [3.63, 3.8) is 0 Å². The van der Waals surface area contributed by atoms with Crippen molar-refractivity contribution in [2.75, 3.05) is 6.54 Å². The molecule has 0 aromatic heterocycles. The molecule has 2 atom stereocenters. The third-order valence-corrected chi connectivity index (χ3v) is 2.03. The van der Waals surface area contributed by atoms with E-state index < -0.39 is 0 Å². The van der Waals surface area contributed by atoms with Gasteiger partial charge in [0.25, 0.3) is 0 Å². The average molecular weight is 173 g/mol. The summed E-state index contributed by atoms with van der Waals surface area (Å²) >= 11 is 0. The van der Waals surface area contributed by atoms with E-state index in [-0.39, 0.29) is 11.9 Å². The van der Waals surface area contributed by atoms with Crippen LogP contribution in [0.1, 0.15) is 27.2 Å². The number of hydrogen-bond acceptors (Lipinski definition) is 3. The Balaban J connectivity index is 3.64. The SMILES string of the molecule is CCC(C)CNC(C)C(N)=NO. The lowest BCUT2D eigenvalue weighted by Gasteiger charge is -2.15. The molecule has 0 aliphatic heterocycles. The van der Waals surface area contributed by atoms with Crippen LogP contribution in [-0.2, 0) is 0 Å². The lowest BCUT2D eigenvalue weighted by atomic mass is 10.1. The Bertz CT molecular complexity index is 147. The molecule has 0 spiro atoms. The van der Waals surface area contributed by atoms with Crippen LogP contribution < -0.4 is 11.1 Å². The summed E-state index contributed by atoms with van der Waals surface area (Å²) < 4.78 is 0. The second-order valence-electron chi connectivity index (χ2n) is 3.17. The number of nitrogens with zero attached hydrogens (tertiary/aromatic N) is 1. The summed E-state index contributed by atoms with van der Waals surface area (Å²) in [5, 5.41) is 14.4. The molecule has 4 N–H and O–H groups in total. The summed E-state index contributed by atoms with van der Waals surface area (Å²) in [6, 6.07) is -0.0519. The quantitative estimate of drug-likeness (QED) is 0.249. The van der Waals surface area contributed by atoms with Gasteiger partial charge >= 0.3 is 0 Å². The topological polar surface area (TPSA) is 70.6 Å². The summed E-state index contributed by atoms with van der Waals surface area (Å²) in [6.45, 7) is 7.07. The molecule has 0 saturated heterocycles. The average Bonchev–Trinajstić information content (AvgIpc) is 2.11. The maximum absolute atomic E-state index is 8.35. The number of rotatable bonds is 5. The molecule has 0 aliphatic carbocycles. The van der Waals surface area contributed by atoms with Crippen LogP contribution in [0.25, 0.3) is 0 Å². The van der Waals surface area contributed by atoms with E-state index in [1.165, 1.54) is 0 Å². The number of oxime groups is 1. The molecule has 0 heterocycles. The van der Waals surface area contributed by atoms with E-state index in [1.807, 2.05) is 6.92 Å². The predicted octanol–water partition coefficient (Wildman–Crippen LogP) is 0.757. The molecule has 0 rings (SSSR count). The minimum absolute atomic E-state index is 0.0519. The fraction of sp³-hybridized carbons (Fsp3) is 0.875. The van der Waals surface area contributed by atoms with Crippen molar-refractivity contribution >= 4 is 5.84 Å². The van der Waals surface area contributed by atoms with Crippen LogP contribution in [0.3, 0.4) is 0 Å². The van der Waals surface area contributed by atoms with Crippen LogP contribution in [0.4, 0.5) is 0 Å². The van der Waals surface area contributed by atoms with Crippen LogP contribution in [-0.4, -0.2) is 23.6 Å². The Morgan fingerprint density at radius 2 is 2.17 bits per heavy atom. The molecule has 2 unspecified atom stereocenters. The van der Waals surface area contributed by atoms with Gasteiger partial charge in [0, 0.05) is 0 Å². The van der Waals surface area contributed by atoms with Crippen molar-refractivity contribution in [2.45, 2.75) is 33.2 Å². The van der Waals surface area contributed by atoms with Gasteiger partial charge in [0.05, 0.1) is 6.04 Å². The minimum Gasteiger partial charge on any atom is -0.409 e. The number of nitrogens with two attached hydrogens (primary N) is 1. The van der Waals surface area contributed by atoms with Gasteiger partial charge < -0.3 is 16.3 Å². The molecule has 0 saturated carbocycles. The summed E-state index contributed by atoms with van der Waals surface area (Å²) in [5.41, 5.74) is 5.38. The molecule has 12 heavy (non-hydrogen) atoms. The fourth-order valence-electron chi connectivity index (χ4n) is 0.713. The van der Waals surface area contributed by atoms with Gasteiger partial charge in [-0.05, 0) is 19.4 Å². The predicted molar refractivity (Wildman–Crippen MR) is 50.3 cm³/mol. The second-order valence-corrected chi connectivity index (χ2v) is 3.17. The standard InChI is InChI=1S/C8H19N3O/c1-4-6(2)5-10-7(3)8(9)11-12/h6-7,10,12H,4-5H2,1-3H3,(H2,9,11). The van der Waals surface area contributed by atoms with Gasteiger partial charge in [0.15, 0.2) is 5.84 Å². The first kappa shape index (κ1) is 11.2. The van der Waals surface area contributed by atoms with Gasteiger partial charge in [0.2, 0.25) is 0 Å². The van der Waals surface area contributed by atoms with E-state index in [4.69, 9.17) is 10.9 Å². The maximum atomic E-state index is 8.35. The van der Waals surface area contributed by atoms with Crippen LogP contribution in [0.5, 0.6) is 0 Å². The Labute approximate surface area is 73.8 Å². The summed E-state index contributed by atoms with van der Waals surface area (Å²) in [4.78, 5) is 0. The maximum Gasteiger partial charge on any atom is 0.156 e. The zero-order valence-corrected chi connectivity index (χ0v) is 8.04. The summed E-state index contributed by atoms with van der Waals surface area (Å²) in [6.07, 6.45) is 1.13. The van der Waals surface area contributed by atoms with Gasteiger partial charge in [-0.25, -0.2) is 0 Å². The highest BCUT2D eigenvalue weighted by Gasteiger charge is 2.07. The molecule has 0 radical (unpaired) electrons. The van der Waals surface area contributed by atoms with Crippen LogP contribution in [0, 0.1) is 5.92 Å². The van der Waals surface area contributed by atoms with Crippen molar-refractivity contribution in [1.29, 1.82) is 0 Å². The van der Waals surface area contributed by atoms with Gasteiger partial charge in [-0.1, -0.05) is 25.4 Å². The molecule has 0 bridgehead atoms. The van der Waals surface area contributed by atoms with Crippen LogP contribution in [0.15, 0.2) is 5.16 Å². The van der Waals surface area contributed by atoms with Gasteiger partial charge in [-0.3, -0.25) is 0 Å². The molecular weight excluding hydrogens is 154 g/mol. The lowest BCUT2D eigenvalue weighted by Crippen LogP contribution is -2.40. The molecule has 0 aliphatic rings. The molecule has 72 valence electrons. The number of amidine groups is 1. The highest BCUT2D eigenvalue weighted by Crippen LogP contribution is 1.97. The first-order valence-electron chi connectivity index (χ1n) is 4.32. The monoisotopic (exact) mass is 173 g/mol. The first-order chi connectivity index (χ1) is 5.61. The van der Waals surface area contributed by atoms with Crippen molar-refractivity contribution < 1.29 is 5.21 Å². The highest BCUT2D eigenvalue weighted by atomic mass is 16.4. The Morgan fingerprint density at radius 3 is 2.58 bits per heavy atom. The van der Waals surface area contributed by atoms with Gasteiger partial charge in [-0.15, -0.1) is 0 Å². The van der Waals surface area contributed by atoms with E-state index >= 15 is 0 Å². The third-order valence-electron chi connectivity index (χ3n) is 2.03. The van der Waals surface area contributed by atoms with E-state index in [1.54, 1.807) is 0 Å². The number of nitrogens with one attached hydrogen (secondary N) is 1. The van der Waals surface area contributed by atoms with Crippen molar-refractivity contribution in [2.24, 2.45) is 16.8 Å². The smallest absolute Gasteiger partial charge is 0.156 e. The normalized spacial score (nSPS) is 17.4. The lowest BCUT2D eigenvalue weighted by molar-refractivity contribution is 0.314. The molecule has 0 aromatic carbocycles. The number of hydrogen-bond donors (Lipinski definition) is 3. The van der Waals surface area contributed by atoms with E-state index in [0.717, 1.165) is 13.0 Å². The van der Waals surface area contributed by atoms with Gasteiger partial charge in [0.1, 0.15) is 0 Å². The van der Waals surface area contributed by atoms with E-state index in [9.17, 15) is 0 Å². The van der Waals surface area contributed by atoms with Crippen LogP contribution >= 0.6 is 0 Å². The minimum atomic E-state index is -0.0519. The van der Waals surface area contributed by atoms with Crippen molar-refractivity contribution in [1.82, 2.24) is 5.32 Å². The molecule has 4 nitrogen and oxygen atoms in total. The zero-order valence-electron chi connectivity index (χ0n) is 8.04. The fourth-order valence-corrected chi connectivity index (χ4v) is 0.713. The first-order valence-corrected chi connectivity index (χ1v) is 4.32. The largest absolute Gasteiger partial charge is 0.409 e. The Hall–Kier alpha value is -0.770. The molecular formula is C8H19N3O. The Morgan fingerprint density at radius 1 is 1.58 bits per heavy atom. The third kappa shape index (κ3) is 4.18. The highest BCUT2D eigenvalue weighted by molar-refractivity contribution is 5.84. The molecule has 0 aromatic rings. The molecule has 4 heteroatoms. The Kier molecular flexibility index (Phi) is 5.45. The van der Waals surface area contributed by atoms with Gasteiger partial charge in [-0.2, -0.15) is 0 Å². The van der Waals surface area contributed by atoms with Crippen LogP contribution in [0.2, 0.25) is 0 Å². The summed E-state index contributed by atoms with van der Waals surface area (Å²) in [7, 11) is 0. The van der Waals surface area contributed by atoms with Crippen molar-refractivity contribution in [3.8, 4) is 0 Å². The second kappa shape index (κ2) is 5.83. The summed E-state index contributed by atoms with van der Waals surface area (Å²) in [5.74, 6) is 0.859. The zero-order chi connectivity index (χ0) is 9.56. The van der Waals surface area contributed by atoms with E-state index in [0.29, 0.717) is 5.92 Å². The molecule has 0 fully saturated rings. The van der Waals surface area contributed by atoms with Crippen molar-refractivity contribution in [3.05, 3.63) is 0 Å².